The molecular formula is C9H17N3. The average Bonchev–Trinajstić information content (AvgIpc) is 2.51. The Balaban J connectivity index is 2.77. The predicted octanol–water partition coefficient (Wildman–Crippen LogP) is 1.94. The van der Waals surface area contributed by atoms with E-state index >= 15 is 0 Å². The van der Waals surface area contributed by atoms with E-state index in [1.165, 1.54) is 0 Å². The Morgan fingerprint density at radius 2 is 2.25 bits per heavy atom. The summed E-state index contributed by atoms with van der Waals surface area (Å²) in [6.07, 6.45) is 2.84. The summed E-state index contributed by atoms with van der Waals surface area (Å²) < 4.78 is 0. The molecule has 3 N–H and O–H groups in total. The maximum Gasteiger partial charge on any atom is 0.108 e. The Kier molecular flexibility index (Phi) is 2.87. The summed E-state index contributed by atoms with van der Waals surface area (Å²) in [5.41, 5.74) is 6.80. The lowest BCUT2D eigenvalue weighted by Gasteiger charge is -2.03. The third-order valence-electron chi connectivity index (χ3n) is 1.98. The zero-order valence-electron chi connectivity index (χ0n) is 7.96. The van der Waals surface area contributed by atoms with Crippen LogP contribution in [0.3, 0.4) is 0 Å². The molecule has 0 aromatic carbocycles. The highest BCUT2D eigenvalue weighted by Crippen LogP contribution is 2.14. The molecule has 0 fully saturated rings. The second-order valence-electron chi connectivity index (χ2n) is 3.38. The minimum atomic E-state index is 0.0775. The first-order chi connectivity index (χ1) is 5.65. The predicted molar refractivity (Wildman–Crippen MR) is 49.9 cm³/mol. The first-order valence-electron chi connectivity index (χ1n) is 4.46. The van der Waals surface area contributed by atoms with Gasteiger partial charge in [0.25, 0.3) is 0 Å². The number of nitrogens with zero attached hydrogens (tertiary/aromatic N) is 1. The number of imidazole rings is 1. The van der Waals surface area contributed by atoms with Crippen molar-refractivity contribution >= 4 is 0 Å². The molecule has 1 unspecified atom stereocenters. The molecule has 0 radical (unpaired) electrons. The second-order valence-corrected chi connectivity index (χ2v) is 3.38. The summed E-state index contributed by atoms with van der Waals surface area (Å²) in [6, 6.07) is 0.0775. The van der Waals surface area contributed by atoms with Crippen molar-refractivity contribution in [2.24, 2.45) is 5.73 Å². The highest BCUT2D eigenvalue weighted by molar-refractivity contribution is 5.07. The number of rotatable bonds is 3. The molecule has 0 spiro atoms. The van der Waals surface area contributed by atoms with Crippen molar-refractivity contribution in [2.75, 3.05) is 0 Å². The van der Waals surface area contributed by atoms with E-state index in [2.05, 4.69) is 30.7 Å². The van der Waals surface area contributed by atoms with E-state index in [0.29, 0.717) is 5.92 Å². The fourth-order valence-electron chi connectivity index (χ4n) is 1.05. The van der Waals surface area contributed by atoms with Crippen LogP contribution >= 0.6 is 0 Å². The van der Waals surface area contributed by atoms with E-state index in [1.807, 2.05) is 6.20 Å². The standard InChI is InChI=1S/C9H17N3/c1-4-7(10)8-5-11-9(12-8)6(2)3/h5-7H,4,10H2,1-3H3,(H,11,12). The van der Waals surface area contributed by atoms with Crippen LogP contribution in [0.4, 0.5) is 0 Å². The molecule has 12 heavy (non-hydrogen) atoms. The molecule has 1 aromatic rings. The van der Waals surface area contributed by atoms with Crippen LogP contribution in [0.5, 0.6) is 0 Å². The third kappa shape index (κ3) is 1.85. The number of nitrogens with two attached hydrogens (primary N) is 1. The van der Waals surface area contributed by atoms with Gasteiger partial charge in [0.05, 0.1) is 5.69 Å². The molecule has 0 saturated heterocycles. The van der Waals surface area contributed by atoms with Crippen LogP contribution in [0, 0.1) is 0 Å². The molecule has 3 nitrogen and oxygen atoms in total. The molecule has 0 amide bonds. The number of hydrogen-bond donors (Lipinski definition) is 2. The number of aromatic amines is 1. The second kappa shape index (κ2) is 3.72. The van der Waals surface area contributed by atoms with Crippen LogP contribution in [0.1, 0.15) is 50.7 Å². The molecule has 3 heteroatoms. The zero-order chi connectivity index (χ0) is 9.14. The van der Waals surface area contributed by atoms with Gasteiger partial charge in [0.2, 0.25) is 0 Å². The molecular weight excluding hydrogens is 150 g/mol. The summed E-state index contributed by atoms with van der Waals surface area (Å²) in [5.74, 6) is 1.47. The van der Waals surface area contributed by atoms with Gasteiger partial charge < -0.3 is 10.7 Å². The van der Waals surface area contributed by atoms with Crippen molar-refractivity contribution in [3.63, 3.8) is 0 Å². The normalized spacial score (nSPS) is 13.8. The van der Waals surface area contributed by atoms with E-state index in [9.17, 15) is 0 Å². The summed E-state index contributed by atoms with van der Waals surface area (Å²) in [4.78, 5) is 7.53. The van der Waals surface area contributed by atoms with Crippen LogP contribution in [0.25, 0.3) is 0 Å². The van der Waals surface area contributed by atoms with Gasteiger partial charge in [-0.15, -0.1) is 0 Å². The maximum atomic E-state index is 5.83. The van der Waals surface area contributed by atoms with Crippen LogP contribution in [-0.2, 0) is 0 Å². The van der Waals surface area contributed by atoms with Gasteiger partial charge in [-0.05, 0) is 6.42 Å². The van der Waals surface area contributed by atoms with Crippen molar-refractivity contribution in [3.8, 4) is 0 Å². The third-order valence-corrected chi connectivity index (χ3v) is 1.98. The molecule has 0 bridgehead atoms. The number of hydrogen-bond acceptors (Lipinski definition) is 2. The van der Waals surface area contributed by atoms with Crippen molar-refractivity contribution in [1.29, 1.82) is 0 Å². The molecule has 1 rings (SSSR count). The lowest BCUT2D eigenvalue weighted by molar-refractivity contribution is 0.673. The van der Waals surface area contributed by atoms with Gasteiger partial charge in [-0.2, -0.15) is 0 Å². The van der Waals surface area contributed by atoms with Crippen molar-refractivity contribution in [1.82, 2.24) is 9.97 Å². The van der Waals surface area contributed by atoms with E-state index in [0.717, 1.165) is 17.9 Å². The fourth-order valence-corrected chi connectivity index (χ4v) is 1.05. The topological polar surface area (TPSA) is 54.7 Å². The molecule has 1 atom stereocenters. The van der Waals surface area contributed by atoms with Gasteiger partial charge >= 0.3 is 0 Å². The lowest BCUT2D eigenvalue weighted by atomic mass is 10.2. The summed E-state index contributed by atoms with van der Waals surface area (Å²) in [7, 11) is 0. The van der Waals surface area contributed by atoms with Gasteiger partial charge in [0, 0.05) is 18.2 Å². The molecule has 1 heterocycles. The molecule has 1 aromatic heterocycles. The summed E-state index contributed by atoms with van der Waals surface area (Å²) >= 11 is 0. The van der Waals surface area contributed by atoms with Crippen LogP contribution in [0.2, 0.25) is 0 Å². The number of aromatic nitrogens is 2. The monoisotopic (exact) mass is 167 g/mol. The van der Waals surface area contributed by atoms with Crippen LogP contribution in [0.15, 0.2) is 6.20 Å². The van der Waals surface area contributed by atoms with Gasteiger partial charge in [-0.25, -0.2) is 4.98 Å². The lowest BCUT2D eigenvalue weighted by Crippen LogP contribution is -2.09. The van der Waals surface area contributed by atoms with Crippen LogP contribution in [-0.4, -0.2) is 9.97 Å². The van der Waals surface area contributed by atoms with E-state index < -0.39 is 0 Å². The van der Waals surface area contributed by atoms with Crippen molar-refractivity contribution < 1.29 is 0 Å². The highest BCUT2D eigenvalue weighted by Gasteiger charge is 2.09. The molecule has 0 aliphatic carbocycles. The van der Waals surface area contributed by atoms with Gasteiger partial charge in [0.1, 0.15) is 5.82 Å². The Morgan fingerprint density at radius 3 is 2.67 bits per heavy atom. The Hall–Kier alpha value is -0.830. The van der Waals surface area contributed by atoms with E-state index in [-0.39, 0.29) is 6.04 Å². The van der Waals surface area contributed by atoms with Crippen molar-refractivity contribution in [2.45, 2.75) is 39.2 Å². The Morgan fingerprint density at radius 1 is 1.58 bits per heavy atom. The van der Waals surface area contributed by atoms with Gasteiger partial charge in [-0.3, -0.25) is 0 Å². The first-order valence-corrected chi connectivity index (χ1v) is 4.46. The SMILES string of the molecule is CCC(N)c1c[nH]c(C(C)C)n1. The molecule has 0 saturated carbocycles. The zero-order valence-corrected chi connectivity index (χ0v) is 7.96. The average molecular weight is 167 g/mol. The number of H-pyrrole nitrogens is 1. The minimum Gasteiger partial charge on any atom is -0.348 e. The van der Waals surface area contributed by atoms with Crippen LogP contribution < -0.4 is 5.73 Å². The molecule has 0 aliphatic heterocycles. The quantitative estimate of drug-likeness (QED) is 0.722. The minimum absolute atomic E-state index is 0.0775. The molecule has 68 valence electrons. The van der Waals surface area contributed by atoms with E-state index in [4.69, 9.17) is 5.73 Å². The summed E-state index contributed by atoms with van der Waals surface area (Å²) in [5, 5.41) is 0. The molecule has 0 aliphatic rings. The largest absolute Gasteiger partial charge is 0.348 e. The Labute approximate surface area is 73.4 Å². The first kappa shape index (κ1) is 9.26. The Bertz CT molecular complexity index is 240. The van der Waals surface area contributed by atoms with Gasteiger partial charge in [0.15, 0.2) is 0 Å². The summed E-state index contributed by atoms with van der Waals surface area (Å²) in [6.45, 7) is 6.29. The maximum absolute atomic E-state index is 5.83. The number of nitrogens with one attached hydrogen (secondary N) is 1. The fraction of sp³-hybridized carbons (Fsp3) is 0.667. The smallest absolute Gasteiger partial charge is 0.108 e. The van der Waals surface area contributed by atoms with E-state index in [1.54, 1.807) is 0 Å². The highest BCUT2D eigenvalue weighted by atomic mass is 14.9. The van der Waals surface area contributed by atoms with Crippen molar-refractivity contribution in [3.05, 3.63) is 17.7 Å². The van der Waals surface area contributed by atoms with Gasteiger partial charge in [-0.1, -0.05) is 20.8 Å².